The van der Waals surface area contributed by atoms with Gasteiger partial charge in [0, 0.05) is 16.8 Å². The second kappa shape index (κ2) is 6.82. The molecule has 3 nitrogen and oxygen atoms in total. The van der Waals surface area contributed by atoms with Crippen LogP contribution in [0.5, 0.6) is 0 Å². The second-order valence-corrected chi connectivity index (χ2v) is 7.25. The van der Waals surface area contributed by atoms with Crippen LogP contribution in [-0.2, 0) is 4.79 Å². The van der Waals surface area contributed by atoms with Crippen molar-refractivity contribution in [2.75, 3.05) is 11.1 Å². The lowest BCUT2D eigenvalue weighted by atomic mass is 10.3. The van der Waals surface area contributed by atoms with Gasteiger partial charge in [0.25, 0.3) is 0 Å². The van der Waals surface area contributed by atoms with E-state index in [1.54, 1.807) is 12.1 Å². The zero-order valence-electron chi connectivity index (χ0n) is 11.5. The van der Waals surface area contributed by atoms with Crippen LogP contribution in [0.3, 0.4) is 0 Å². The third-order valence-corrected chi connectivity index (χ3v) is 5.27. The molecule has 0 atom stereocenters. The number of fused-ring (bicyclic) bond motifs is 1. The van der Waals surface area contributed by atoms with Crippen molar-refractivity contribution in [2.45, 2.75) is 4.34 Å². The molecular weight excluding hydrogens is 362 g/mol. The zero-order valence-corrected chi connectivity index (χ0v) is 13.9. The van der Waals surface area contributed by atoms with E-state index in [1.165, 1.54) is 29.2 Å². The van der Waals surface area contributed by atoms with Gasteiger partial charge in [0.2, 0.25) is 5.91 Å². The van der Waals surface area contributed by atoms with Crippen molar-refractivity contribution in [3.63, 3.8) is 0 Å². The van der Waals surface area contributed by atoms with E-state index in [-0.39, 0.29) is 17.3 Å². The highest BCUT2D eigenvalue weighted by Gasteiger charge is 2.10. The van der Waals surface area contributed by atoms with Crippen LogP contribution in [0.2, 0.25) is 5.02 Å². The molecule has 0 aliphatic carbocycles. The lowest BCUT2D eigenvalue weighted by molar-refractivity contribution is -0.113. The summed E-state index contributed by atoms with van der Waals surface area (Å²) in [7, 11) is 0. The zero-order chi connectivity index (χ0) is 16.4. The number of carbonyl (C=O) groups excluding carboxylic acids is 1. The summed E-state index contributed by atoms with van der Waals surface area (Å²) in [6, 6.07) is 8.64. The summed E-state index contributed by atoms with van der Waals surface area (Å²) in [4.78, 5) is 16.2. The van der Waals surface area contributed by atoms with Crippen molar-refractivity contribution in [3.05, 3.63) is 53.1 Å². The van der Waals surface area contributed by atoms with E-state index in [9.17, 15) is 13.6 Å². The number of carbonyl (C=O) groups is 1. The van der Waals surface area contributed by atoms with Crippen LogP contribution in [0.4, 0.5) is 14.5 Å². The summed E-state index contributed by atoms with van der Waals surface area (Å²) >= 11 is 8.64. The van der Waals surface area contributed by atoms with Crippen LogP contribution in [0.25, 0.3) is 10.2 Å². The van der Waals surface area contributed by atoms with Crippen molar-refractivity contribution < 1.29 is 13.6 Å². The van der Waals surface area contributed by atoms with Gasteiger partial charge in [-0.15, -0.1) is 11.3 Å². The summed E-state index contributed by atoms with van der Waals surface area (Å²) in [5.41, 5.74) is 0.997. The Morgan fingerprint density at radius 3 is 2.83 bits per heavy atom. The topological polar surface area (TPSA) is 42.0 Å². The highest BCUT2D eigenvalue weighted by molar-refractivity contribution is 8.01. The molecule has 1 N–H and O–H groups in total. The van der Waals surface area contributed by atoms with Gasteiger partial charge in [0.1, 0.15) is 0 Å². The van der Waals surface area contributed by atoms with Crippen molar-refractivity contribution in [3.8, 4) is 0 Å². The number of aromatic nitrogens is 1. The SMILES string of the molecule is O=C(CSc1nc2cc(Cl)ccc2s1)Nc1ccc(F)c(F)c1. The number of halogens is 3. The fourth-order valence-corrected chi connectivity index (χ4v) is 3.85. The molecule has 0 radical (unpaired) electrons. The number of thiazole rings is 1. The van der Waals surface area contributed by atoms with E-state index < -0.39 is 11.6 Å². The number of thioether (sulfide) groups is 1. The Bertz CT molecular complexity index is 885. The lowest BCUT2D eigenvalue weighted by Crippen LogP contribution is -2.14. The van der Waals surface area contributed by atoms with Crippen LogP contribution in [0.15, 0.2) is 40.7 Å². The Labute approximate surface area is 143 Å². The maximum Gasteiger partial charge on any atom is 0.234 e. The minimum Gasteiger partial charge on any atom is -0.325 e. The van der Waals surface area contributed by atoms with Gasteiger partial charge in [-0.2, -0.15) is 0 Å². The van der Waals surface area contributed by atoms with Gasteiger partial charge in [-0.05, 0) is 30.3 Å². The normalized spacial score (nSPS) is 10.9. The standard InChI is InChI=1S/C15H9ClF2N2OS2/c16-8-1-4-13-12(5-8)20-15(23-13)22-7-14(21)19-9-2-3-10(17)11(18)6-9/h1-6H,7H2,(H,19,21). The van der Waals surface area contributed by atoms with Crippen LogP contribution < -0.4 is 5.32 Å². The summed E-state index contributed by atoms with van der Waals surface area (Å²) in [5, 5.41) is 3.12. The molecule has 0 aliphatic heterocycles. The quantitative estimate of drug-likeness (QED) is 0.660. The number of rotatable bonds is 4. The molecule has 23 heavy (non-hydrogen) atoms. The first-order valence-electron chi connectivity index (χ1n) is 6.45. The second-order valence-electron chi connectivity index (χ2n) is 4.56. The van der Waals surface area contributed by atoms with E-state index in [0.717, 1.165) is 26.7 Å². The smallest absolute Gasteiger partial charge is 0.234 e. The first kappa shape index (κ1) is 16.2. The van der Waals surface area contributed by atoms with Gasteiger partial charge in [0.05, 0.1) is 16.0 Å². The van der Waals surface area contributed by atoms with Gasteiger partial charge < -0.3 is 5.32 Å². The molecule has 0 fully saturated rings. The Hall–Kier alpha value is -1.70. The largest absolute Gasteiger partial charge is 0.325 e. The minimum absolute atomic E-state index is 0.118. The highest BCUT2D eigenvalue weighted by atomic mass is 35.5. The van der Waals surface area contributed by atoms with E-state index in [2.05, 4.69) is 10.3 Å². The average Bonchev–Trinajstić information content (AvgIpc) is 2.91. The van der Waals surface area contributed by atoms with Crippen molar-refractivity contribution >= 4 is 56.5 Å². The summed E-state index contributed by atoms with van der Waals surface area (Å²) in [6.07, 6.45) is 0. The molecule has 0 saturated carbocycles. The number of nitrogens with one attached hydrogen (secondary N) is 1. The van der Waals surface area contributed by atoms with Crippen LogP contribution >= 0.6 is 34.7 Å². The third kappa shape index (κ3) is 3.99. The number of anilines is 1. The number of hydrogen-bond donors (Lipinski definition) is 1. The highest BCUT2D eigenvalue weighted by Crippen LogP contribution is 2.31. The Kier molecular flexibility index (Phi) is 4.79. The van der Waals surface area contributed by atoms with E-state index in [4.69, 9.17) is 11.6 Å². The van der Waals surface area contributed by atoms with E-state index >= 15 is 0 Å². The average molecular weight is 371 g/mol. The molecule has 2 aromatic carbocycles. The van der Waals surface area contributed by atoms with Gasteiger partial charge >= 0.3 is 0 Å². The Balaban J connectivity index is 1.62. The first-order chi connectivity index (χ1) is 11.0. The maximum absolute atomic E-state index is 13.1. The van der Waals surface area contributed by atoms with Crippen LogP contribution in [0.1, 0.15) is 0 Å². The first-order valence-corrected chi connectivity index (χ1v) is 8.63. The maximum atomic E-state index is 13.1. The molecule has 0 aliphatic rings. The third-order valence-electron chi connectivity index (χ3n) is 2.86. The molecule has 1 aromatic heterocycles. The fourth-order valence-electron chi connectivity index (χ4n) is 1.84. The predicted molar refractivity (Wildman–Crippen MR) is 90.3 cm³/mol. The van der Waals surface area contributed by atoms with Crippen LogP contribution in [0, 0.1) is 11.6 Å². The monoisotopic (exact) mass is 370 g/mol. The molecular formula is C15H9ClF2N2OS2. The lowest BCUT2D eigenvalue weighted by Gasteiger charge is -2.04. The summed E-state index contributed by atoms with van der Waals surface area (Å²) < 4.78 is 27.6. The summed E-state index contributed by atoms with van der Waals surface area (Å²) in [6.45, 7) is 0. The van der Waals surface area contributed by atoms with Crippen molar-refractivity contribution in [1.29, 1.82) is 0 Å². The molecule has 1 amide bonds. The molecule has 0 unspecified atom stereocenters. The molecule has 1 heterocycles. The van der Waals surface area contributed by atoms with Crippen molar-refractivity contribution in [1.82, 2.24) is 4.98 Å². The number of benzene rings is 2. The molecule has 0 saturated heterocycles. The Morgan fingerprint density at radius 1 is 1.22 bits per heavy atom. The minimum atomic E-state index is -1.00. The van der Waals surface area contributed by atoms with Crippen LogP contribution in [-0.4, -0.2) is 16.6 Å². The number of hydrogen-bond acceptors (Lipinski definition) is 4. The van der Waals surface area contributed by atoms with Gasteiger partial charge in [-0.3, -0.25) is 4.79 Å². The molecule has 3 aromatic rings. The van der Waals surface area contributed by atoms with Crippen molar-refractivity contribution in [2.24, 2.45) is 0 Å². The molecule has 0 bridgehead atoms. The van der Waals surface area contributed by atoms with Gasteiger partial charge in [-0.1, -0.05) is 23.4 Å². The molecule has 118 valence electrons. The molecule has 0 spiro atoms. The predicted octanol–water partition coefficient (Wildman–Crippen LogP) is 4.96. The van der Waals surface area contributed by atoms with E-state index in [0.29, 0.717) is 5.02 Å². The van der Waals surface area contributed by atoms with E-state index in [1.807, 2.05) is 6.07 Å². The fraction of sp³-hybridized carbons (Fsp3) is 0.0667. The summed E-state index contributed by atoms with van der Waals surface area (Å²) in [5.74, 6) is -2.16. The van der Waals surface area contributed by atoms with Gasteiger partial charge in [0.15, 0.2) is 16.0 Å². The molecule has 8 heteroatoms. The number of amides is 1. The van der Waals surface area contributed by atoms with Gasteiger partial charge in [-0.25, -0.2) is 13.8 Å². The number of nitrogens with zero attached hydrogens (tertiary/aromatic N) is 1. The Morgan fingerprint density at radius 2 is 2.04 bits per heavy atom. The molecule has 3 rings (SSSR count).